The second kappa shape index (κ2) is 6.60. The van der Waals surface area contributed by atoms with Gasteiger partial charge in [0.2, 0.25) is 0 Å². The highest BCUT2D eigenvalue weighted by Gasteiger charge is 2.16. The van der Waals surface area contributed by atoms with Crippen molar-refractivity contribution in [2.45, 2.75) is 6.92 Å². The average Bonchev–Trinajstić information content (AvgIpc) is 3.50. The van der Waals surface area contributed by atoms with E-state index in [9.17, 15) is 0 Å². The maximum Gasteiger partial charge on any atom is 0.135 e. The zero-order valence-corrected chi connectivity index (χ0v) is 17.0. The number of imidazole rings is 1. The SMILES string of the molecule is Cc1ncc(-c2ccc3[nH]nc(-c4cc5c(-c6ccncc6)nccc5[nH]4)c3n2)n1C. The monoisotopic (exact) mass is 406 g/mol. The van der Waals surface area contributed by atoms with Crippen LogP contribution < -0.4 is 0 Å². The number of fused-ring (bicyclic) bond motifs is 2. The van der Waals surface area contributed by atoms with Crippen LogP contribution in [0.5, 0.6) is 0 Å². The minimum absolute atomic E-state index is 0.771. The van der Waals surface area contributed by atoms with Gasteiger partial charge in [-0.05, 0) is 43.3 Å². The summed E-state index contributed by atoms with van der Waals surface area (Å²) in [6.45, 7) is 1.98. The van der Waals surface area contributed by atoms with Crippen molar-refractivity contribution in [1.29, 1.82) is 0 Å². The molecule has 0 saturated heterocycles. The largest absolute Gasteiger partial charge is 0.353 e. The molecular weight excluding hydrogens is 388 g/mol. The van der Waals surface area contributed by atoms with Crippen LogP contribution in [-0.4, -0.2) is 39.7 Å². The van der Waals surface area contributed by atoms with Crippen LogP contribution in [0.1, 0.15) is 5.82 Å². The normalized spacial score (nSPS) is 11.5. The number of rotatable bonds is 3. The molecule has 0 aliphatic rings. The first-order valence-corrected chi connectivity index (χ1v) is 9.91. The first-order valence-electron chi connectivity index (χ1n) is 9.91. The molecule has 0 unspecified atom stereocenters. The van der Waals surface area contributed by atoms with E-state index in [1.165, 1.54) is 0 Å². The molecule has 150 valence electrons. The van der Waals surface area contributed by atoms with Crippen LogP contribution in [0, 0.1) is 6.92 Å². The lowest BCUT2D eigenvalue weighted by Gasteiger charge is -2.03. The van der Waals surface area contributed by atoms with Crippen molar-refractivity contribution in [2.75, 3.05) is 0 Å². The maximum absolute atomic E-state index is 4.91. The molecule has 8 nitrogen and oxygen atoms in total. The van der Waals surface area contributed by atoms with Gasteiger partial charge in [-0.1, -0.05) is 0 Å². The Bertz CT molecular complexity index is 1560. The summed E-state index contributed by atoms with van der Waals surface area (Å²) in [4.78, 5) is 21.5. The summed E-state index contributed by atoms with van der Waals surface area (Å²) >= 11 is 0. The van der Waals surface area contributed by atoms with E-state index >= 15 is 0 Å². The molecule has 0 aromatic carbocycles. The Morgan fingerprint density at radius 3 is 2.58 bits per heavy atom. The Balaban J connectivity index is 1.52. The van der Waals surface area contributed by atoms with Gasteiger partial charge in [0.05, 0.1) is 34.5 Å². The number of aromatic amines is 2. The topological polar surface area (TPSA) is 101 Å². The van der Waals surface area contributed by atoms with Crippen molar-refractivity contribution >= 4 is 21.9 Å². The van der Waals surface area contributed by atoms with Gasteiger partial charge in [0.1, 0.15) is 17.0 Å². The van der Waals surface area contributed by atoms with E-state index < -0.39 is 0 Å². The van der Waals surface area contributed by atoms with Crippen molar-refractivity contribution in [3.63, 3.8) is 0 Å². The molecule has 31 heavy (non-hydrogen) atoms. The molecule has 0 saturated carbocycles. The van der Waals surface area contributed by atoms with E-state index in [4.69, 9.17) is 4.98 Å². The highest BCUT2D eigenvalue weighted by atomic mass is 15.1. The van der Waals surface area contributed by atoms with Gasteiger partial charge in [-0.2, -0.15) is 5.10 Å². The smallest absolute Gasteiger partial charge is 0.135 e. The summed E-state index contributed by atoms with van der Waals surface area (Å²) in [6, 6.07) is 12.0. The summed E-state index contributed by atoms with van der Waals surface area (Å²) in [5.74, 6) is 0.941. The van der Waals surface area contributed by atoms with E-state index in [-0.39, 0.29) is 0 Å². The number of hydrogen-bond donors (Lipinski definition) is 2. The summed E-state index contributed by atoms with van der Waals surface area (Å²) < 4.78 is 2.03. The molecular formula is C23H18N8. The highest BCUT2D eigenvalue weighted by molar-refractivity contribution is 5.99. The third kappa shape index (κ3) is 2.72. The first kappa shape index (κ1) is 17.5. The van der Waals surface area contributed by atoms with Gasteiger partial charge in [-0.15, -0.1) is 0 Å². The molecule has 6 rings (SSSR count). The number of hydrogen-bond acceptors (Lipinski definition) is 5. The fourth-order valence-electron chi connectivity index (χ4n) is 3.89. The summed E-state index contributed by atoms with van der Waals surface area (Å²) in [5, 5.41) is 8.68. The highest BCUT2D eigenvalue weighted by Crippen LogP contribution is 2.33. The molecule has 8 heteroatoms. The van der Waals surface area contributed by atoms with Gasteiger partial charge in [0.25, 0.3) is 0 Å². The third-order valence-electron chi connectivity index (χ3n) is 5.65. The van der Waals surface area contributed by atoms with Crippen molar-refractivity contribution in [2.24, 2.45) is 7.05 Å². The van der Waals surface area contributed by atoms with E-state index in [2.05, 4.69) is 36.2 Å². The molecule has 0 fully saturated rings. The van der Waals surface area contributed by atoms with E-state index in [1.807, 2.05) is 61.3 Å². The Morgan fingerprint density at radius 1 is 0.903 bits per heavy atom. The number of H-pyrrole nitrogens is 2. The van der Waals surface area contributed by atoms with Crippen molar-refractivity contribution in [3.8, 4) is 34.0 Å². The van der Waals surface area contributed by atoms with Gasteiger partial charge in [-0.3, -0.25) is 15.1 Å². The second-order valence-corrected chi connectivity index (χ2v) is 7.45. The van der Waals surface area contributed by atoms with E-state index in [0.717, 1.165) is 61.8 Å². The van der Waals surface area contributed by atoms with Gasteiger partial charge in [0, 0.05) is 42.1 Å². The van der Waals surface area contributed by atoms with Crippen LogP contribution in [-0.2, 0) is 7.05 Å². The minimum Gasteiger partial charge on any atom is -0.353 e. The predicted octanol–water partition coefficient (Wildman–Crippen LogP) is 4.27. The van der Waals surface area contributed by atoms with Gasteiger partial charge in [-0.25, -0.2) is 9.97 Å². The Morgan fingerprint density at radius 2 is 1.77 bits per heavy atom. The molecule has 0 spiro atoms. The summed E-state index contributed by atoms with van der Waals surface area (Å²) in [5.41, 5.74) is 8.08. The molecule has 6 heterocycles. The van der Waals surface area contributed by atoms with Crippen LogP contribution in [0.15, 0.2) is 61.2 Å². The lowest BCUT2D eigenvalue weighted by Crippen LogP contribution is -1.96. The third-order valence-corrected chi connectivity index (χ3v) is 5.65. The van der Waals surface area contributed by atoms with Crippen molar-refractivity contribution in [3.05, 3.63) is 67.0 Å². The summed E-state index contributed by atoms with van der Waals surface area (Å²) in [7, 11) is 1.99. The zero-order chi connectivity index (χ0) is 20.9. The molecule has 0 atom stereocenters. The van der Waals surface area contributed by atoms with Gasteiger partial charge in [0.15, 0.2) is 0 Å². The molecule has 0 amide bonds. The maximum atomic E-state index is 4.91. The Hall–Kier alpha value is -4.33. The fourth-order valence-corrected chi connectivity index (χ4v) is 3.89. The standard InChI is InChI=1S/C23H18N8/c1-13-26-12-20(31(13)2)17-3-4-18-22(28-17)23(30-29-18)19-11-15-16(27-19)7-10-25-21(15)14-5-8-24-9-6-14/h3-12,27H,1-2H3,(H,29,30). The summed E-state index contributed by atoms with van der Waals surface area (Å²) in [6.07, 6.45) is 7.20. The molecule has 0 radical (unpaired) electrons. The number of pyridine rings is 3. The van der Waals surface area contributed by atoms with Crippen molar-refractivity contribution < 1.29 is 0 Å². The number of aromatic nitrogens is 8. The number of nitrogens with zero attached hydrogens (tertiary/aromatic N) is 6. The molecule has 6 aromatic rings. The number of nitrogens with one attached hydrogen (secondary N) is 2. The predicted molar refractivity (Wildman–Crippen MR) is 119 cm³/mol. The Labute approximate surface area is 177 Å². The van der Waals surface area contributed by atoms with Crippen molar-refractivity contribution in [1.82, 2.24) is 39.7 Å². The molecule has 0 aliphatic heterocycles. The number of aryl methyl sites for hydroxylation is 1. The molecule has 0 bridgehead atoms. The van der Waals surface area contributed by atoms with E-state index in [1.54, 1.807) is 12.4 Å². The van der Waals surface area contributed by atoms with E-state index in [0.29, 0.717) is 0 Å². The van der Waals surface area contributed by atoms with Gasteiger partial charge < -0.3 is 9.55 Å². The van der Waals surface area contributed by atoms with Crippen LogP contribution in [0.4, 0.5) is 0 Å². The minimum atomic E-state index is 0.771. The first-order chi connectivity index (χ1) is 15.2. The molecule has 2 N–H and O–H groups in total. The fraction of sp³-hybridized carbons (Fsp3) is 0.0870. The van der Waals surface area contributed by atoms with Crippen LogP contribution >= 0.6 is 0 Å². The second-order valence-electron chi connectivity index (χ2n) is 7.45. The molecule has 6 aromatic heterocycles. The Kier molecular flexibility index (Phi) is 3.73. The van der Waals surface area contributed by atoms with Gasteiger partial charge >= 0.3 is 0 Å². The zero-order valence-electron chi connectivity index (χ0n) is 17.0. The lowest BCUT2D eigenvalue weighted by molar-refractivity contribution is 0.862. The lowest BCUT2D eigenvalue weighted by atomic mass is 10.1. The molecule has 0 aliphatic carbocycles. The van der Waals surface area contributed by atoms with Crippen LogP contribution in [0.2, 0.25) is 0 Å². The van der Waals surface area contributed by atoms with Crippen LogP contribution in [0.3, 0.4) is 0 Å². The quantitative estimate of drug-likeness (QED) is 0.457. The average molecular weight is 406 g/mol. The van der Waals surface area contributed by atoms with Crippen LogP contribution in [0.25, 0.3) is 56.0 Å².